The first kappa shape index (κ1) is 24.4. The fourth-order valence-corrected chi connectivity index (χ4v) is 3.35. The fraction of sp³-hybridized carbons (Fsp3) is 0.591. The van der Waals surface area contributed by atoms with Crippen LogP contribution in [0.1, 0.15) is 57.9 Å². The lowest BCUT2D eigenvalue weighted by molar-refractivity contribution is 0.383. The van der Waals surface area contributed by atoms with E-state index >= 15 is 0 Å². The van der Waals surface area contributed by atoms with Crippen LogP contribution in [0.4, 0.5) is 5.82 Å². The first-order valence-electron chi connectivity index (χ1n) is 10.5. The molecule has 1 aliphatic heterocycles. The Labute approximate surface area is 197 Å². The van der Waals surface area contributed by atoms with Gasteiger partial charge in [0, 0.05) is 36.8 Å². The number of hydrogen-bond donors (Lipinski definition) is 2. The molecule has 0 amide bonds. The number of nitrogens with zero attached hydrogens (tertiary/aromatic N) is 4. The third-order valence-electron chi connectivity index (χ3n) is 5.04. The molecule has 0 spiro atoms. The Morgan fingerprint density at radius 1 is 1.27 bits per heavy atom. The van der Waals surface area contributed by atoms with E-state index in [9.17, 15) is 0 Å². The molecule has 1 saturated heterocycles. The number of anilines is 1. The maximum Gasteiger partial charge on any atom is 0.216 e. The first-order valence-corrected chi connectivity index (χ1v) is 10.5. The normalized spacial score (nSPS) is 15.6. The zero-order valence-electron chi connectivity index (χ0n) is 18.7. The topological polar surface area (TPSA) is 78.6 Å². The van der Waals surface area contributed by atoms with E-state index in [1.807, 2.05) is 13.0 Å². The molecule has 2 N–H and O–H groups in total. The van der Waals surface area contributed by atoms with E-state index in [4.69, 9.17) is 4.42 Å². The number of aromatic nitrogens is 2. The summed E-state index contributed by atoms with van der Waals surface area (Å²) in [5.74, 6) is 3.42. The molecule has 0 aliphatic carbocycles. The zero-order valence-corrected chi connectivity index (χ0v) is 21.1. The summed E-state index contributed by atoms with van der Waals surface area (Å²) in [6.07, 6.45) is 3.90. The molecule has 8 heteroatoms. The van der Waals surface area contributed by atoms with Gasteiger partial charge in [0.15, 0.2) is 5.96 Å². The Hall–Kier alpha value is -1.84. The van der Waals surface area contributed by atoms with Gasteiger partial charge in [0.25, 0.3) is 0 Å². The van der Waals surface area contributed by atoms with E-state index in [1.54, 1.807) is 6.20 Å². The van der Waals surface area contributed by atoms with Crippen molar-refractivity contribution >= 4 is 35.8 Å². The highest BCUT2D eigenvalue weighted by molar-refractivity contribution is 14.0. The Balaban J connectivity index is 0.00000320. The molecule has 30 heavy (non-hydrogen) atoms. The summed E-state index contributed by atoms with van der Waals surface area (Å²) in [5, 5.41) is 6.90. The number of nitrogens with one attached hydrogen (secondary N) is 2. The van der Waals surface area contributed by atoms with Crippen molar-refractivity contribution in [2.45, 2.75) is 65.5 Å². The second-order valence-electron chi connectivity index (χ2n) is 8.61. The summed E-state index contributed by atoms with van der Waals surface area (Å²) in [7, 11) is 0. The largest absolute Gasteiger partial charge is 0.443 e. The first-order chi connectivity index (χ1) is 13.8. The van der Waals surface area contributed by atoms with Gasteiger partial charge in [-0.25, -0.2) is 15.0 Å². The van der Waals surface area contributed by atoms with Crippen LogP contribution in [0.2, 0.25) is 0 Å². The third-order valence-corrected chi connectivity index (χ3v) is 5.04. The maximum atomic E-state index is 5.85. The van der Waals surface area contributed by atoms with Crippen LogP contribution in [0.25, 0.3) is 0 Å². The van der Waals surface area contributed by atoms with Gasteiger partial charge in [0.1, 0.15) is 18.1 Å². The van der Waals surface area contributed by atoms with E-state index < -0.39 is 0 Å². The molecule has 2 aromatic heterocycles. The van der Waals surface area contributed by atoms with Crippen molar-refractivity contribution < 1.29 is 4.42 Å². The molecule has 0 saturated carbocycles. The number of aryl methyl sites for hydroxylation is 1. The summed E-state index contributed by atoms with van der Waals surface area (Å²) in [6.45, 7) is 13.7. The summed E-state index contributed by atoms with van der Waals surface area (Å²) >= 11 is 0. The van der Waals surface area contributed by atoms with Gasteiger partial charge in [0.05, 0.1) is 6.20 Å². The molecule has 0 bridgehead atoms. The Kier molecular flexibility index (Phi) is 8.93. The second kappa shape index (κ2) is 11.0. The summed E-state index contributed by atoms with van der Waals surface area (Å²) in [6, 6.07) is 6.60. The van der Waals surface area contributed by atoms with Crippen molar-refractivity contribution in [3.63, 3.8) is 0 Å². The molecule has 0 aromatic carbocycles. The molecule has 1 fully saturated rings. The number of oxazole rings is 1. The van der Waals surface area contributed by atoms with Crippen LogP contribution in [0.15, 0.2) is 33.8 Å². The summed E-state index contributed by atoms with van der Waals surface area (Å²) in [5.41, 5.74) is 1.02. The Morgan fingerprint density at radius 3 is 2.60 bits per heavy atom. The van der Waals surface area contributed by atoms with Gasteiger partial charge < -0.3 is 20.0 Å². The molecular weight excluding hydrogens is 491 g/mol. The lowest BCUT2D eigenvalue weighted by Crippen LogP contribution is -2.48. The molecule has 7 nitrogen and oxygen atoms in total. The lowest BCUT2D eigenvalue weighted by Gasteiger charge is -2.34. The minimum Gasteiger partial charge on any atom is -0.443 e. The Bertz CT molecular complexity index is 821. The van der Waals surface area contributed by atoms with E-state index in [-0.39, 0.29) is 29.4 Å². The quantitative estimate of drug-likeness (QED) is 0.348. The molecular formula is C22H35IN6O. The van der Waals surface area contributed by atoms with Crippen molar-refractivity contribution in [2.24, 2.45) is 4.99 Å². The molecule has 0 unspecified atom stereocenters. The fourth-order valence-electron chi connectivity index (χ4n) is 3.35. The van der Waals surface area contributed by atoms with Gasteiger partial charge in [0.2, 0.25) is 5.89 Å². The minimum atomic E-state index is -0.0438. The monoisotopic (exact) mass is 526 g/mol. The average Bonchev–Trinajstić information content (AvgIpc) is 3.16. The summed E-state index contributed by atoms with van der Waals surface area (Å²) < 4.78 is 5.85. The SMILES string of the molecule is CCNC(=NCc1ncc(C(C)(C)C)o1)NC1CCN(c2cccc(C)n2)CC1.I. The number of guanidine groups is 1. The van der Waals surface area contributed by atoms with Crippen LogP contribution < -0.4 is 15.5 Å². The lowest BCUT2D eigenvalue weighted by atomic mass is 9.94. The number of hydrogen-bond acceptors (Lipinski definition) is 5. The molecule has 166 valence electrons. The molecule has 3 rings (SSSR count). The highest BCUT2D eigenvalue weighted by atomic mass is 127. The van der Waals surface area contributed by atoms with Crippen LogP contribution in [-0.2, 0) is 12.0 Å². The third kappa shape index (κ3) is 6.85. The van der Waals surface area contributed by atoms with Crippen LogP contribution >= 0.6 is 24.0 Å². The van der Waals surface area contributed by atoms with Gasteiger partial charge >= 0.3 is 0 Å². The summed E-state index contributed by atoms with van der Waals surface area (Å²) in [4.78, 5) is 16.0. The number of aliphatic imine (C=N–C) groups is 1. The molecule has 3 heterocycles. The second-order valence-corrected chi connectivity index (χ2v) is 8.61. The average molecular weight is 526 g/mol. The Morgan fingerprint density at radius 2 is 2.00 bits per heavy atom. The number of rotatable bonds is 5. The molecule has 0 radical (unpaired) electrons. The van der Waals surface area contributed by atoms with E-state index in [0.717, 1.165) is 55.7 Å². The zero-order chi connectivity index (χ0) is 20.9. The van der Waals surface area contributed by atoms with Gasteiger partial charge in [-0.05, 0) is 38.8 Å². The predicted molar refractivity (Wildman–Crippen MR) is 133 cm³/mol. The van der Waals surface area contributed by atoms with Gasteiger partial charge in [-0.2, -0.15) is 0 Å². The van der Waals surface area contributed by atoms with Crippen molar-refractivity contribution in [2.75, 3.05) is 24.5 Å². The van der Waals surface area contributed by atoms with Crippen LogP contribution in [0.5, 0.6) is 0 Å². The molecule has 2 aromatic rings. The van der Waals surface area contributed by atoms with Gasteiger partial charge in [-0.15, -0.1) is 24.0 Å². The number of halogens is 1. The molecule has 0 atom stereocenters. The van der Waals surface area contributed by atoms with Gasteiger partial charge in [-0.3, -0.25) is 0 Å². The van der Waals surface area contributed by atoms with Crippen molar-refractivity contribution in [3.8, 4) is 0 Å². The number of pyridine rings is 1. The van der Waals surface area contributed by atoms with Crippen LogP contribution in [0, 0.1) is 6.92 Å². The van der Waals surface area contributed by atoms with Crippen molar-refractivity contribution in [1.29, 1.82) is 0 Å². The van der Waals surface area contributed by atoms with Crippen LogP contribution in [-0.4, -0.2) is 41.6 Å². The van der Waals surface area contributed by atoms with Crippen LogP contribution in [0.3, 0.4) is 0 Å². The highest BCUT2D eigenvalue weighted by Gasteiger charge is 2.22. The van der Waals surface area contributed by atoms with E-state index in [0.29, 0.717) is 18.5 Å². The standard InChI is InChI=1S/C22H34N6O.HI/c1-6-23-21(25-15-20-24-14-18(29-20)22(3,4)5)27-17-10-12-28(13-11-17)19-9-7-8-16(2)26-19;/h7-9,14,17H,6,10-13,15H2,1-5H3,(H2,23,25,27);1H. The maximum absolute atomic E-state index is 5.85. The highest BCUT2D eigenvalue weighted by Crippen LogP contribution is 2.23. The smallest absolute Gasteiger partial charge is 0.216 e. The van der Waals surface area contributed by atoms with E-state index in [1.165, 1.54) is 0 Å². The molecule has 1 aliphatic rings. The minimum absolute atomic E-state index is 0. The predicted octanol–water partition coefficient (Wildman–Crippen LogP) is 4.02. The van der Waals surface area contributed by atoms with Crippen molar-refractivity contribution in [3.05, 3.63) is 41.7 Å². The van der Waals surface area contributed by atoms with Gasteiger partial charge in [-0.1, -0.05) is 26.8 Å². The number of piperidine rings is 1. The van der Waals surface area contributed by atoms with Crippen molar-refractivity contribution in [1.82, 2.24) is 20.6 Å². The van der Waals surface area contributed by atoms with E-state index in [2.05, 4.69) is 70.3 Å².